The van der Waals surface area contributed by atoms with E-state index in [0.717, 1.165) is 11.3 Å². The number of phenolic OH excluding ortho intramolecular Hbond substituents is 1. The predicted molar refractivity (Wildman–Crippen MR) is 80.8 cm³/mol. The smallest absolute Gasteiger partial charge is 0.120 e. The molecule has 100 valence electrons. The van der Waals surface area contributed by atoms with Gasteiger partial charge in [-0.3, -0.25) is 0 Å². The number of hydrogen-bond acceptors (Lipinski definition) is 2. The van der Waals surface area contributed by atoms with Crippen molar-refractivity contribution in [3.63, 3.8) is 0 Å². The number of hydrogen-bond donors (Lipinski definition) is 2. The number of aromatic hydroxyl groups is 1. The van der Waals surface area contributed by atoms with Crippen LogP contribution in [0.25, 0.3) is 0 Å². The molecule has 0 aliphatic carbocycles. The minimum absolute atomic E-state index is 0.0707. The number of benzene rings is 2. The molecule has 0 aromatic heterocycles. The SMILES string of the molecule is Cc1cc(C)c(NC(C)c2ccccc2O)c(C)c1. The van der Waals surface area contributed by atoms with Crippen molar-refractivity contribution in [1.29, 1.82) is 0 Å². The number of anilines is 1. The first-order valence-corrected chi connectivity index (χ1v) is 6.61. The van der Waals surface area contributed by atoms with Gasteiger partial charge in [-0.15, -0.1) is 0 Å². The average molecular weight is 255 g/mol. The number of phenols is 1. The lowest BCUT2D eigenvalue weighted by Crippen LogP contribution is -2.09. The molecule has 0 amide bonds. The molecule has 0 bridgehead atoms. The zero-order valence-corrected chi connectivity index (χ0v) is 12.0. The maximum absolute atomic E-state index is 9.90. The van der Waals surface area contributed by atoms with E-state index in [4.69, 9.17) is 0 Å². The summed E-state index contributed by atoms with van der Waals surface area (Å²) >= 11 is 0. The van der Waals surface area contributed by atoms with Gasteiger partial charge in [0.15, 0.2) is 0 Å². The van der Waals surface area contributed by atoms with Crippen LogP contribution in [-0.4, -0.2) is 5.11 Å². The zero-order chi connectivity index (χ0) is 14.0. The van der Waals surface area contributed by atoms with Crippen LogP contribution in [0.5, 0.6) is 5.75 Å². The summed E-state index contributed by atoms with van der Waals surface area (Å²) in [6, 6.07) is 11.9. The lowest BCUT2D eigenvalue weighted by molar-refractivity contribution is 0.465. The van der Waals surface area contributed by atoms with Crippen molar-refractivity contribution in [3.8, 4) is 5.75 Å². The van der Waals surface area contributed by atoms with Gasteiger partial charge < -0.3 is 10.4 Å². The molecule has 1 unspecified atom stereocenters. The second-order valence-corrected chi connectivity index (χ2v) is 5.20. The minimum atomic E-state index is 0.0707. The van der Waals surface area contributed by atoms with Crippen LogP contribution in [0.3, 0.4) is 0 Å². The summed E-state index contributed by atoms with van der Waals surface area (Å²) in [5.74, 6) is 0.338. The molecular weight excluding hydrogens is 234 g/mol. The van der Waals surface area contributed by atoms with Crippen LogP contribution >= 0.6 is 0 Å². The van der Waals surface area contributed by atoms with Crippen LogP contribution in [0.2, 0.25) is 0 Å². The molecule has 2 aromatic carbocycles. The van der Waals surface area contributed by atoms with Crippen molar-refractivity contribution in [2.75, 3.05) is 5.32 Å². The fraction of sp³-hybridized carbons (Fsp3) is 0.294. The highest BCUT2D eigenvalue weighted by atomic mass is 16.3. The molecule has 0 fully saturated rings. The largest absolute Gasteiger partial charge is 0.508 e. The molecule has 0 aliphatic rings. The van der Waals surface area contributed by atoms with Crippen molar-refractivity contribution >= 4 is 5.69 Å². The van der Waals surface area contributed by atoms with Crippen molar-refractivity contribution in [3.05, 3.63) is 58.7 Å². The van der Waals surface area contributed by atoms with Crippen molar-refractivity contribution in [1.82, 2.24) is 0 Å². The summed E-state index contributed by atoms with van der Waals surface area (Å²) in [4.78, 5) is 0. The molecule has 2 heteroatoms. The van der Waals surface area contributed by atoms with Crippen LogP contribution < -0.4 is 5.32 Å². The molecule has 0 aliphatic heterocycles. The normalized spacial score (nSPS) is 12.2. The van der Waals surface area contributed by atoms with Gasteiger partial charge >= 0.3 is 0 Å². The second kappa shape index (κ2) is 5.35. The summed E-state index contributed by atoms with van der Waals surface area (Å²) in [6.07, 6.45) is 0. The molecule has 19 heavy (non-hydrogen) atoms. The van der Waals surface area contributed by atoms with Gasteiger partial charge in [0.05, 0.1) is 6.04 Å². The van der Waals surface area contributed by atoms with Gasteiger partial charge in [0.1, 0.15) is 5.75 Å². The Kier molecular flexibility index (Phi) is 3.79. The third-order valence-corrected chi connectivity index (χ3v) is 3.44. The van der Waals surface area contributed by atoms with Gasteiger partial charge in [0.2, 0.25) is 0 Å². The maximum Gasteiger partial charge on any atom is 0.120 e. The summed E-state index contributed by atoms with van der Waals surface area (Å²) in [5.41, 5.74) is 5.82. The summed E-state index contributed by atoms with van der Waals surface area (Å²) in [7, 11) is 0. The van der Waals surface area contributed by atoms with Crippen molar-refractivity contribution in [2.45, 2.75) is 33.7 Å². The molecule has 1 atom stereocenters. The molecular formula is C17H21NO. The Balaban J connectivity index is 2.29. The highest BCUT2D eigenvalue weighted by Gasteiger charge is 2.12. The third-order valence-electron chi connectivity index (χ3n) is 3.44. The van der Waals surface area contributed by atoms with E-state index in [1.807, 2.05) is 18.2 Å². The van der Waals surface area contributed by atoms with Gasteiger partial charge in [-0.05, 0) is 44.9 Å². The lowest BCUT2D eigenvalue weighted by atomic mass is 10.0. The van der Waals surface area contributed by atoms with E-state index in [-0.39, 0.29) is 6.04 Å². The Labute approximate surface area is 115 Å². The molecule has 2 nitrogen and oxygen atoms in total. The van der Waals surface area contributed by atoms with Crippen molar-refractivity contribution in [2.24, 2.45) is 0 Å². The van der Waals surface area contributed by atoms with E-state index in [0.29, 0.717) is 5.75 Å². The number of para-hydroxylation sites is 1. The van der Waals surface area contributed by atoms with Crippen molar-refractivity contribution < 1.29 is 5.11 Å². The van der Waals surface area contributed by atoms with E-state index in [1.165, 1.54) is 16.7 Å². The quantitative estimate of drug-likeness (QED) is 0.847. The summed E-state index contributed by atoms with van der Waals surface area (Å²) in [6.45, 7) is 8.39. The Bertz CT molecular complexity index is 567. The van der Waals surface area contributed by atoms with E-state index in [1.54, 1.807) is 6.07 Å². The molecule has 0 radical (unpaired) electrons. The van der Waals surface area contributed by atoms with Crippen LogP contribution in [0.15, 0.2) is 36.4 Å². The number of aryl methyl sites for hydroxylation is 3. The molecule has 2 aromatic rings. The first-order valence-electron chi connectivity index (χ1n) is 6.61. The Hall–Kier alpha value is -1.96. The van der Waals surface area contributed by atoms with Gasteiger partial charge in [-0.1, -0.05) is 35.9 Å². The van der Waals surface area contributed by atoms with Gasteiger partial charge in [0.25, 0.3) is 0 Å². The van der Waals surface area contributed by atoms with E-state index >= 15 is 0 Å². The summed E-state index contributed by atoms with van der Waals surface area (Å²) < 4.78 is 0. The highest BCUT2D eigenvalue weighted by molar-refractivity contribution is 5.59. The molecule has 2 N–H and O–H groups in total. The van der Waals surface area contributed by atoms with Crippen LogP contribution in [0, 0.1) is 20.8 Å². The van der Waals surface area contributed by atoms with Gasteiger partial charge in [0, 0.05) is 11.3 Å². The van der Waals surface area contributed by atoms with Crippen LogP contribution in [0.4, 0.5) is 5.69 Å². The highest BCUT2D eigenvalue weighted by Crippen LogP contribution is 2.30. The maximum atomic E-state index is 9.90. The topological polar surface area (TPSA) is 32.3 Å². The number of rotatable bonds is 3. The predicted octanol–water partition coefficient (Wildman–Crippen LogP) is 4.49. The first kappa shape index (κ1) is 13.5. The summed E-state index contributed by atoms with van der Waals surface area (Å²) in [5, 5.41) is 13.4. The van der Waals surface area contributed by atoms with E-state index in [9.17, 15) is 5.11 Å². The Morgan fingerprint density at radius 1 is 1.00 bits per heavy atom. The standard InChI is InChI=1S/C17H21NO/c1-11-9-12(2)17(13(3)10-11)18-14(4)15-7-5-6-8-16(15)19/h5-10,14,18-19H,1-4H3. The lowest BCUT2D eigenvalue weighted by Gasteiger charge is -2.20. The second-order valence-electron chi connectivity index (χ2n) is 5.20. The third kappa shape index (κ3) is 2.90. The fourth-order valence-corrected chi connectivity index (χ4v) is 2.56. The van der Waals surface area contributed by atoms with Crippen LogP contribution in [0.1, 0.15) is 35.2 Å². The first-order chi connectivity index (χ1) is 8.99. The van der Waals surface area contributed by atoms with E-state index < -0.39 is 0 Å². The molecule has 0 heterocycles. The Morgan fingerprint density at radius 3 is 2.16 bits per heavy atom. The molecule has 0 saturated heterocycles. The fourth-order valence-electron chi connectivity index (χ4n) is 2.56. The number of nitrogens with one attached hydrogen (secondary N) is 1. The zero-order valence-electron chi connectivity index (χ0n) is 12.0. The van der Waals surface area contributed by atoms with Gasteiger partial charge in [-0.25, -0.2) is 0 Å². The minimum Gasteiger partial charge on any atom is -0.508 e. The van der Waals surface area contributed by atoms with Crippen LogP contribution in [-0.2, 0) is 0 Å². The van der Waals surface area contributed by atoms with Gasteiger partial charge in [-0.2, -0.15) is 0 Å². The molecule has 2 rings (SSSR count). The average Bonchev–Trinajstić information content (AvgIpc) is 2.34. The molecule has 0 spiro atoms. The monoisotopic (exact) mass is 255 g/mol. The molecule has 0 saturated carbocycles. The Morgan fingerprint density at radius 2 is 1.58 bits per heavy atom. The van der Waals surface area contributed by atoms with E-state index in [2.05, 4.69) is 45.1 Å².